The van der Waals surface area contributed by atoms with Crippen molar-refractivity contribution in [1.82, 2.24) is 0 Å². The Kier molecular flexibility index (Phi) is 3.34. The van der Waals surface area contributed by atoms with Crippen LogP contribution in [0.3, 0.4) is 0 Å². The van der Waals surface area contributed by atoms with Crippen molar-refractivity contribution >= 4 is 5.69 Å². The van der Waals surface area contributed by atoms with Crippen LogP contribution in [0.1, 0.15) is 25.8 Å². The first-order valence-electron chi connectivity index (χ1n) is 5.94. The van der Waals surface area contributed by atoms with E-state index in [0.717, 1.165) is 24.4 Å². The lowest BCUT2D eigenvalue weighted by atomic mass is 10.1. The summed E-state index contributed by atoms with van der Waals surface area (Å²) in [6.45, 7) is 6.94. The van der Waals surface area contributed by atoms with E-state index in [2.05, 4.69) is 17.0 Å². The maximum absolute atomic E-state index is 5.73. The van der Waals surface area contributed by atoms with E-state index in [1.165, 1.54) is 12.1 Å². The van der Waals surface area contributed by atoms with Gasteiger partial charge in [0.05, 0.1) is 6.10 Å². The molecule has 1 fully saturated rings. The Morgan fingerprint density at radius 2 is 2.06 bits per heavy atom. The first-order valence-corrected chi connectivity index (χ1v) is 5.94. The Labute approximate surface area is 97.2 Å². The van der Waals surface area contributed by atoms with Crippen LogP contribution >= 0.6 is 0 Å². The van der Waals surface area contributed by atoms with Gasteiger partial charge in [0, 0.05) is 31.4 Å². The molecule has 3 heteroatoms. The molecule has 0 atom stereocenters. The molecule has 16 heavy (non-hydrogen) atoms. The van der Waals surface area contributed by atoms with Crippen molar-refractivity contribution in [1.29, 1.82) is 0 Å². The van der Waals surface area contributed by atoms with Crippen LogP contribution in [0.15, 0.2) is 18.2 Å². The van der Waals surface area contributed by atoms with Crippen LogP contribution in [0.4, 0.5) is 5.69 Å². The third kappa shape index (κ3) is 2.47. The van der Waals surface area contributed by atoms with E-state index in [9.17, 15) is 0 Å². The lowest BCUT2D eigenvalue weighted by Gasteiger charge is -2.33. The van der Waals surface area contributed by atoms with Crippen LogP contribution in [0, 0.1) is 0 Å². The van der Waals surface area contributed by atoms with E-state index in [0.29, 0.717) is 6.54 Å². The van der Waals surface area contributed by atoms with Crippen molar-refractivity contribution in [2.45, 2.75) is 32.9 Å². The number of nitrogens with two attached hydrogens (primary N) is 1. The second-order valence-corrected chi connectivity index (χ2v) is 4.55. The maximum atomic E-state index is 5.73. The fraction of sp³-hybridized carbons (Fsp3) is 0.538. The molecule has 0 amide bonds. The number of nitrogens with zero attached hydrogens (tertiary/aromatic N) is 1. The fourth-order valence-corrected chi connectivity index (χ4v) is 1.86. The third-order valence-corrected chi connectivity index (χ3v) is 2.78. The van der Waals surface area contributed by atoms with Crippen LogP contribution in [0.25, 0.3) is 0 Å². The number of hydrogen-bond acceptors (Lipinski definition) is 3. The molecule has 88 valence electrons. The van der Waals surface area contributed by atoms with Crippen molar-refractivity contribution < 1.29 is 4.74 Å². The number of benzene rings is 1. The average Bonchev–Trinajstić information content (AvgIpc) is 2.13. The largest absolute Gasteiger partial charge is 0.491 e. The van der Waals surface area contributed by atoms with E-state index in [1.54, 1.807) is 0 Å². The van der Waals surface area contributed by atoms with Crippen molar-refractivity contribution in [2.24, 2.45) is 5.73 Å². The minimum Gasteiger partial charge on any atom is -0.491 e. The number of anilines is 1. The van der Waals surface area contributed by atoms with Gasteiger partial charge < -0.3 is 15.4 Å². The molecular weight excluding hydrogens is 200 g/mol. The predicted molar refractivity (Wildman–Crippen MR) is 66.9 cm³/mol. The predicted octanol–water partition coefficient (Wildman–Crippen LogP) is 2.14. The van der Waals surface area contributed by atoms with Crippen LogP contribution in [-0.4, -0.2) is 19.2 Å². The highest BCUT2D eigenvalue weighted by Gasteiger charge is 2.15. The van der Waals surface area contributed by atoms with Gasteiger partial charge in [-0.25, -0.2) is 0 Å². The zero-order valence-corrected chi connectivity index (χ0v) is 10.1. The van der Waals surface area contributed by atoms with Gasteiger partial charge in [0.15, 0.2) is 0 Å². The van der Waals surface area contributed by atoms with Crippen LogP contribution in [0.5, 0.6) is 5.75 Å². The minimum absolute atomic E-state index is 0.206. The second kappa shape index (κ2) is 4.74. The molecule has 0 aliphatic carbocycles. The monoisotopic (exact) mass is 220 g/mol. The highest BCUT2D eigenvalue weighted by atomic mass is 16.5. The number of hydrogen-bond donors (Lipinski definition) is 1. The first-order chi connectivity index (χ1) is 7.69. The van der Waals surface area contributed by atoms with Crippen molar-refractivity contribution in [3.8, 4) is 5.75 Å². The van der Waals surface area contributed by atoms with Gasteiger partial charge in [-0.15, -0.1) is 0 Å². The molecule has 0 spiro atoms. The summed E-state index contributed by atoms with van der Waals surface area (Å²) in [6, 6.07) is 6.30. The summed E-state index contributed by atoms with van der Waals surface area (Å²) in [5.74, 6) is 0.930. The van der Waals surface area contributed by atoms with Crippen molar-refractivity contribution in [3.63, 3.8) is 0 Å². The van der Waals surface area contributed by atoms with Crippen molar-refractivity contribution in [3.05, 3.63) is 23.8 Å². The Hall–Kier alpha value is -1.22. The van der Waals surface area contributed by atoms with E-state index < -0.39 is 0 Å². The van der Waals surface area contributed by atoms with Gasteiger partial charge in [0.2, 0.25) is 0 Å². The molecule has 2 N–H and O–H groups in total. The Morgan fingerprint density at radius 3 is 2.56 bits per heavy atom. The number of ether oxygens (including phenoxy) is 1. The number of rotatable bonds is 4. The molecule has 0 bridgehead atoms. The minimum atomic E-state index is 0.206. The van der Waals surface area contributed by atoms with Gasteiger partial charge in [-0.05, 0) is 38.0 Å². The lowest BCUT2D eigenvalue weighted by molar-refractivity contribution is 0.242. The van der Waals surface area contributed by atoms with Gasteiger partial charge in [0.25, 0.3) is 0 Å². The van der Waals surface area contributed by atoms with Gasteiger partial charge in [-0.2, -0.15) is 0 Å². The molecule has 0 radical (unpaired) electrons. The molecule has 0 saturated carbocycles. The summed E-state index contributed by atoms with van der Waals surface area (Å²) in [5.41, 5.74) is 8.08. The Balaban J connectivity index is 2.23. The van der Waals surface area contributed by atoms with Crippen LogP contribution in [-0.2, 0) is 6.54 Å². The molecule has 1 aliphatic rings. The van der Waals surface area contributed by atoms with Gasteiger partial charge in [0.1, 0.15) is 5.75 Å². The zero-order chi connectivity index (χ0) is 11.5. The third-order valence-electron chi connectivity index (χ3n) is 2.78. The highest BCUT2D eigenvalue weighted by molar-refractivity contribution is 5.54. The quantitative estimate of drug-likeness (QED) is 0.845. The maximum Gasteiger partial charge on any atom is 0.122 e. The Bertz CT molecular complexity index is 359. The summed E-state index contributed by atoms with van der Waals surface area (Å²) in [4.78, 5) is 2.35. The summed E-state index contributed by atoms with van der Waals surface area (Å²) in [5, 5.41) is 0. The van der Waals surface area contributed by atoms with Crippen LogP contribution in [0.2, 0.25) is 0 Å². The molecule has 3 nitrogen and oxygen atoms in total. The van der Waals surface area contributed by atoms with Gasteiger partial charge in [-0.3, -0.25) is 0 Å². The first kappa shape index (κ1) is 11.3. The highest BCUT2D eigenvalue weighted by Crippen LogP contribution is 2.27. The molecule has 1 aliphatic heterocycles. The molecule has 1 heterocycles. The van der Waals surface area contributed by atoms with Crippen molar-refractivity contribution in [2.75, 3.05) is 18.0 Å². The Morgan fingerprint density at radius 1 is 1.31 bits per heavy atom. The zero-order valence-electron chi connectivity index (χ0n) is 10.1. The molecule has 1 saturated heterocycles. The van der Waals surface area contributed by atoms with E-state index >= 15 is 0 Å². The smallest absolute Gasteiger partial charge is 0.122 e. The second-order valence-electron chi connectivity index (χ2n) is 4.55. The summed E-state index contributed by atoms with van der Waals surface area (Å²) >= 11 is 0. The summed E-state index contributed by atoms with van der Waals surface area (Å²) < 4.78 is 5.73. The van der Waals surface area contributed by atoms with E-state index in [4.69, 9.17) is 10.5 Å². The summed E-state index contributed by atoms with van der Waals surface area (Å²) in [7, 11) is 0. The molecule has 2 rings (SSSR count). The van der Waals surface area contributed by atoms with Gasteiger partial charge in [-0.1, -0.05) is 0 Å². The fourth-order valence-electron chi connectivity index (χ4n) is 1.86. The van der Waals surface area contributed by atoms with E-state index in [-0.39, 0.29) is 6.10 Å². The molecule has 0 unspecified atom stereocenters. The SMILES string of the molecule is CC(C)Oc1cc(CN)cc(N2CCC2)c1. The van der Waals surface area contributed by atoms with Gasteiger partial charge >= 0.3 is 0 Å². The average molecular weight is 220 g/mol. The van der Waals surface area contributed by atoms with E-state index in [1.807, 2.05) is 19.9 Å². The van der Waals surface area contributed by atoms with Crippen LogP contribution < -0.4 is 15.4 Å². The molecule has 0 aromatic heterocycles. The topological polar surface area (TPSA) is 38.5 Å². The normalized spacial score (nSPS) is 15.1. The molecule has 1 aromatic rings. The standard InChI is InChI=1S/C13H20N2O/c1-10(2)16-13-7-11(9-14)6-12(8-13)15-4-3-5-15/h6-8,10H,3-5,9,14H2,1-2H3. The molecular formula is C13H20N2O. The lowest BCUT2D eigenvalue weighted by Crippen LogP contribution is -2.37. The summed E-state index contributed by atoms with van der Waals surface area (Å²) in [6.07, 6.45) is 1.49. The molecule has 1 aromatic carbocycles.